The van der Waals surface area contributed by atoms with Crippen LogP contribution in [0.5, 0.6) is 0 Å². The Bertz CT molecular complexity index is 817. The molecular weight excluding hydrogens is 346 g/mol. The lowest BCUT2D eigenvalue weighted by Gasteiger charge is -2.13. The van der Waals surface area contributed by atoms with Crippen LogP contribution >= 0.6 is 11.6 Å². The normalized spacial score (nSPS) is 11.6. The maximum absolute atomic E-state index is 12.4. The summed E-state index contributed by atoms with van der Waals surface area (Å²) in [5, 5.41) is 10.8. The molecule has 2 rings (SSSR count). The van der Waals surface area contributed by atoms with Gasteiger partial charge in [-0.25, -0.2) is 4.79 Å². The average molecular weight is 362 g/mol. The number of esters is 1. The van der Waals surface area contributed by atoms with Gasteiger partial charge in [-0.05, 0) is 25.0 Å². The highest BCUT2D eigenvalue weighted by Crippen LogP contribution is 2.23. The summed E-state index contributed by atoms with van der Waals surface area (Å²) < 4.78 is 5.13. The monoisotopic (exact) mass is 361 g/mol. The molecule has 0 aromatic heterocycles. The number of ether oxygens (including phenoxy) is 1. The Hall–Kier alpha value is -2.73. The number of halogens is 1. The molecule has 0 radical (unpaired) electrons. The Labute approximate surface area is 149 Å². The average Bonchev–Trinajstić information content (AvgIpc) is 2.61. The van der Waals surface area contributed by atoms with Gasteiger partial charge in [0.25, 0.3) is 5.69 Å². The van der Waals surface area contributed by atoms with E-state index in [-0.39, 0.29) is 22.1 Å². The number of carbonyl (C=O) groups is 2. The second kappa shape index (κ2) is 7.90. The number of benzene rings is 2. The van der Waals surface area contributed by atoms with Crippen LogP contribution in [0.2, 0.25) is 5.02 Å². The largest absolute Gasteiger partial charge is 0.451 e. The lowest BCUT2D eigenvalue weighted by Crippen LogP contribution is -2.24. The van der Waals surface area contributed by atoms with Crippen LogP contribution in [0.15, 0.2) is 42.5 Å². The van der Waals surface area contributed by atoms with Gasteiger partial charge >= 0.3 is 5.97 Å². The summed E-state index contributed by atoms with van der Waals surface area (Å²) in [7, 11) is 0. The highest BCUT2D eigenvalue weighted by Gasteiger charge is 2.23. The molecule has 0 saturated carbocycles. The molecule has 25 heavy (non-hydrogen) atoms. The topological polar surface area (TPSA) is 86.5 Å². The van der Waals surface area contributed by atoms with E-state index in [1.807, 2.05) is 19.1 Å². The highest BCUT2D eigenvalue weighted by atomic mass is 35.5. The summed E-state index contributed by atoms with van der Waals surface area (Å²) in [6, 6.07) is 10.5. The van der Waals surface area contributed by atoms with Gasteiger partial charge in [0.2, 0.25) is 5.78 Å². The molecule has 7 heteroatoms. The maximum Gasteiger partial charge on any atom is 0.340 e. The fraction of sp³-hybridized carbons (Fsp3) is 0.222. The standard InChI is InChI=1S/C18H16ClNO5/c1-3-12-4-6-13(7-5-12)17(21)11(2)25-18(22)15-10-14(20(23)24)8-9-16(15)19/h4-11H,3H2,1-2H3. The Morgan fingerprint density at radius 2 is 1.84 bits per heavy atom. The Morgan fingerprint density at radius 3 is 2.40 bits per heavy atom. The lowest BCUT2D eigenvalue weighted by atomic mass is 10.0. The van der Waals surface area contributed by atoms with Gasteiger partial charge in [0.1, 0.15) is 0 Å². The van der Waals surface area contributed by atoms with Gasteiger partial charge in [-0.15, -0.1) is 0 Å². The molecule has 0 fully saturated rings. The molecule has 0 amide bonds. The van der Waals surface area contributed by atoms with Crippen LogP contribution in [0.4, 0.5) is 5.69 Å². The summed E-state index contributed by atoms with van der Waals surface area (Å²) in [4.78, 5) is 34.7. The number of nitro groups is 1. The summed E-state index contributed by atoms with van der Waals surface area (Å²) in [6.07, 6.45) is -0.195. The smallest absolute Gasteiger partial charge is 0.340 e. The van der Waals surface area contributed by atoms with E-state index in [1.54, 1.807) is 12.1 Å². The molecule has 0 heterocycles. The minimum absolute atomic E-state index is 0.0162. The van der Waals surface area contributed by atoms with Crippen molar-refractivity contribution >= 4 is 29.0 Å². The van der Waals surface area contributed by atoms with Crippen LogP contribution in [0.25, 0.3) is 0 Å². The zero-order valence-electron chi connectivity index (χ0n) is 13.7. The third-order valence-electron chi connectivity index (χ3n) is 3.68. The molecule has 0 aliphatic rings. The number of hydrogen-bond acceptors (Lipinski definition) is 5. The predicted molar refractivity (Wildman–Crippen MR) is 93.1 cm³/mol. The van der Waals surface area contributed by atoms with Crippen molar-refractivity contribution < 1.29 is 19.2 Å². The lowest BCUT2D eigenvalue weighted by molar-refractivity contribution is -0.384. The van der Waals surface area contributed by atoms with Crippen molar-refractivity contribution in [2.24, 2.45) is 0 Å². The van der Waals surface area contributed by atoms with Crippen LogP contribution in [0, 0.1) is 10.1 Å². The van der Waals surface area contributed by atoms with Crippen molar-refractivity contribution in [3.8, 4) is 0 Å². The van der Waals surface area contributed by atoms with Gasteiger partial charge in [-0.1, -0.05) is 42.8 Å². The van der Waals surface area contributed by atoms with Crippen molar-refractivity contribution in [2.45, 2.75) is 26.4 Å². The Balaban J connectivity index is 2.15. The van der Waals surface area contributed by atoms with Crippen LogP contribution in [-0.2, 0) is 11.2 Å². The molecule has 0 spiro atoms. The first-order valence-corrected chi connectivity index (χ1v) is 7.99. The van der Waals surface area contributed by atoms with E-state index in [0.29, 0.717) is 5.56 Å². The molecule has 0 bridgehead atoms. The van der Waals surface area contributed by atoms with Crippen LogP contribution in [0.1, 0.15) is 40.1 Å². The van der Waals surface area contributed by atoms with Gasteiger partial charge in [0.15, 0.2) is 6.10 Å². The number of hydrogen-bond donors (Lipinski definition) is 0. The molecule has 2 aromatic rings. The number of ketones is 1. The zero-order valence-corrected chi connectivity index (χ0v) is 14.4. The number of Topliss-reactive ketones (excluding diaryl/α,β-unsaturated/α-hetero) is 1. The molecule has 1 atom stereocenters. The molecular formula is C18H16ClNO5. The van der Waals surface area contributed by atoms with E-state index in [9.17, 15) is 19.7 Å². The van der Waals surface area contributed by atoms with Crippen molar-refractivity contribution in [1.82, 2.24) is 0 Å². The number of non-ortho nitro benzene ring substituents is 1. The number of aryl methyl sites for hydroxylation is 1. The third kappa shape index (κ3) is 4.42. The first-order chi connectivity index (χ1) is 11.8. The number of carbonyl (C=O) groups excluding carboxylic acids is 2. The van der Waals surface area contributed by atoms with Crippen LogP contribution in [-0.4, -0.2) is 22.8 Å². The fourth-order valence-corrected chi connectivity index (χ4v) is 2.39. The van der Waals surface area contributed by atoms with Crippen molar-refractivity contribution in [3.05, 3.63) is 74.3 Å². The van der Waals surface area contributed by atoms with Gasteiger partial charge < -0.3 is 4.74 Å². The minimum atomic E-state index is -1.05. The molecule has 6 nitrogen and oxygen atoms in total. The number of nitrogens with zero attached hydrogens (tertiary/aromatic N) is 1. The molecule has 130 valence electrons. The van der Waals surface area contributed by atoms with E-state index in [4.69, 9.17) is 16.3 Å². The maximum atomic E-state index is 12.4. The summed E-state index contributed by atoms with van der Waals surface area (Å²) >= 11 is 5.90. The van der Waals surface area contributed by atoms with E-state index in [0.717, 1.165) is 18.1 Å². The van der Waals surface area contributed by atoms with E-state index in [1.165, 1.54) is 19.1 Å². The summed E-state index contributed by atoms with van der Waals surface area (Å²) in [5.41, 5.74) is 1.06. The Morgan fingerprint density at radius 1 is 1.20 bits per heavy atom. The SMILES string of the molecule is CCc1ccc(C(=O)C(C)OC(=O)c2cc([N+](=O)[O-])ccc2Cl)cc1. The van der Waals surface area contributed by atoms with E-state index < -0.39 is 17.0 Å². The minimum Gasteiger partial charge on any atom is -0.451 e. The number of nitro benzene ring substituents is 1. The van der Waals surface area contributed by atoms with E-state index in [2.05, 4.69) is 0 Å². The zero-order chi connectivity index (χ0) is 18.6. The third-order valence-corrected chi connectivity index (χ3v) is 4.01. The second-order valence-corrected chi connectivity index (χ2v) is 5.79. The van der Waals surface area contributed by atoms with Crippen molar-refractivity contribution in [2.75, 3.05) is 0 Å². The van der Waals surface area contributed by atoms with Crippen LogP contribution in [0.3, 0.4) is 0 Å². The quantitative estimate of drug-likeness (QED) is 0.332. The molecule has 0 N–H and O–H groups in total. The molecule has 1 unspecified atom stereocenters. The second-order valence-electron chi connectivity index (χ2n) is 5.38. The van der Waals surface area contributed by atoms with Crippen molar-refractivity contribution in [3.63, 3.8) is 0 Å². The first kappa shape index (κ1) is 18.6. The van der Waals surface area contributed by atoms with E-state index >= 15 is 0 Å². The molecule has 0 saturated heterocycles. The van der Waals surface area contributed by atoms with Gasteiger partial charge in [-0.3, -0.25) is 14.9 Å². The Kier molecular flexibility index (Phi) is 5.88. The molecule has 0 aliphatic heterocycles. The summed E-state index contributed by atoms with van der Waals surface area (Å²) in [5.74, 6) is -1.25. The highest BCUT2D eigenvalue weighted by molar-refractivity contribution is 6.33. The van der Waals surface area contributed by atoms with Gasteiger partial charge in [0.05, 0.1) is 15.5 Å². The summed E-state index contributed by atoms with van der Waals surface area (Å²) in [6.45, 7) is 3.45. The fourth-order valence-electron chi connectivity index (χ4n) is 2.20. The predicted octanol–water partition coefficient (Wildman–Crippen LogP) is 4.24. The number of rotatable bonds is 6. The van der Waals surface area contributed by atoms with Gasteiger partial charge in [0, 0.05) is 17.7 Å². The van der Waals surface area contributed by atoms with Gasteiger partial charge in [-0.2, -0.15) is 0 Å². The molecule has 2 aromatic carbocycles. The first-order valence-electron chi connectivity index (χ1n) is 7.61. The van der Waals surface area contributed by atoms with Crippen LogP contribution < -0.4 is 0 Å². The molecule has 0 aliphatic carbocycles. The van der Waals surface area contributed by atoms with Crippen molar-refractivity contribution in [1.29, 1.82) is 0 Å².